The molecule has 0 saturated carbocycles. The van der Waals surface area contributed by atoms with E-state index in [-0.39, 0.29) is 5.84 Å². The number of fused-ring (bicyclic) bond motifs is 3. The summed E-state index contributed by atoms with van der Waals surface area (Å²) in [5, 5.41) is 10.3. The van der Waals surface area contributed by atoms with Crippen LogP contribution in [0.15, 0.2) is 63.4 Å². The van der Waals surface area contributed by atoms with E-state index in [0.29, 0.717) is 10.7 Å². The maximum Gasteiger partial charge on any atom is 0.148 e. The minimum atomic E-state index is -0.706. The Labute approximate surface area is 136 Å². The van der Waals surface area contributed by atoms with Crippen molar-refractivity contribution in [3.63, 3.8) is 0 Å². The van der Waals surface area contributed by atoms with E-state index in [9.17, 15) is 5.26 Å². The largest absolute Gasteiger partial charge is 0.386 e. The summed E-state index contributed by atoms with van der Waals surface area (Å²) in [5.74, 6) is -0.464. The van der Waals surface area contributed by atoms with Crippen LogP contribution in [0.3, 0.4) is 0 Å². The lowest BCUT2D eigenvalue weighted by molar-refractivity contribution is 0.936. The van der Waals surface area contributed by atoms with Gasteiger partial charge in [0.15, 0.2) is 0 Å². The van der Waals surface area contributed by atoms with Gasteiger partial charge in [0.1, 0.15) is 16.8 Å². The molecule has 0 fully saturated rings. The standard InChI is InChI=1S/C17H11N5S/c18-9-10-15-17(22-12-6-2-1-5-11(12)20-15)23-14-8-4-3-7-13(14)21-16(10)19/h1-8,10H,(H2,19,21)/t10-/m1/s1. The van der Waals surface area contributed by atoms with Crippen LogP contribution in [0.4, 0.5) is 5.69 Å². The van der Waals surface area contributed by atoms with Gasteiger partial charge in [0.25, 0.3) is 0 Å². The third kappa shape index (κ3) is 2.31. The van der Waals surface area contributed by atoms with Crippen molar-refractivity contribution in [2.75, 3.05) is 0 Å². The Morgan fingerprint density at radius 2 is 1.70 bits per heavy atom. The Hall–Kier alpha value is -2.91. The number of aromatic nitrogens is 2. The lowest BCUT2D eigenvalue weighted by atomic mass is 10.1. The van der Waals surface area contributed by atoms with Gasteiger partial charge in [-0.15, -0.1) is 0 Å². The molecule has 23 heavy (non-hydrogen) atoms. The monoisotopic (exact) mass is 317 g/mol. The maximum absolute atomic E-state index is 9.56. The van der Waals surface area contributed by atoms with Gasteiger partial charge in [0.05, 0.1) is 28.5 Å². The Kier molecular flexibility index (Phi) is 3.21. The zero-order valence-corrected chi connectivity index (χ0v) is 12.8. The van der Waals surface area contributed by atoms with Gasteiger partial charge in [-0.3, -0.25) is 0 Å². The minimum Gasteiger partial charge on any atom is -0.386 e. The first-order chi connectivity index (χ1) is 11.3. The molecule has 4 rings (SSSR count). The van der Waals surface area contributed by atoms with E-state index in [0.717, 1.165) is 21.6 Å². The summed E-state index contributed by atoms with van der Waals surface area (Å²) in [6.07, 6.45) is 0. The Morgan fingerprint density at radius 1 is 1.00 bits per heavy atom. The Bertz CT molecular complexity index is 990. The van der Waals surface area contributed by atoms with Crippen molar-refractivity contribution in [2.24, 2.45) is 10.7 Å². The van der Waals surface area contributed by atoms with Crippen LogP contribution in [0.25, 0.3) is 11.0 Å². The molecule has 2 N–H and O–H groups in total. The molecule has 110 valence electrons. The van der Waals surface area contributed by atoms with Crippen molar-refractivity contribution in [1.82, 2.24) is 9.97 Å². The molecule has 1 aliphatic rings. The zero-order chi connectivity index (χ0) is 15.8. The number of hydrogen-bond donors (Lipinski definition) is 1. The summed E-state index contributed by atoms with van der Waals surface area (Å²) in [7, 11) is 0. The quantitative estimate of drug-likeness (QED) is 0.686. The average molecular weight is 317 g/mol. The topological polar surface area (TPSA) is 88.0 Å². The first-order valence-corrected chi connectivity index (χ1v) is 7.85. The number of para-hydroxylation sites is 3. The maximum atomic E-state index is 9.56. The van der Waals surface area contributed by atoms with E-state index in [1.165, 1.54) is 11.8 Å². The highest BCUT2D eigenvalue weighted by Crippen LogP contribution is 2.40. The van der Waals surface area contributed by atoms with Crippen molar-refractivity contribution < 1.29 is 0 Å². The highest BCUT2D eigenvalue weighted by Gasteiger charge is 2.26. The fourth-order valence-corrected chi connectivity index (χ4v) is 3.46. The second-order valence-electron chi connectivity index (χ2n) is 5.07. The summed E-state index contributed by atoms with van der Waals surface area (Å²) in [5.41, 5.74) is 8.93. The smallest absolute Gasteiger partial charge is 0.148 e. The molecule has 2 heterocycles. The van der Waals surface area contributed by atoms with Gasteiger partial charge in [-0.1, -0.05) is 36.0 Å². The summed E-state index contributed by atoms with van der Waals surface area (Å²) in [6.45, 7) is 0. The molecule has 0 spiro atoms. The molecular formula is C17H11N5S. The van der Waals surface area contributed by atoms with Gasteiger partial charge in [-0.05, 0) is 24.3 Å². The zero-order valence-electron chi connectivity index (χ0n) is 12.0. The van der Waals surface area contributed by atoms with E-state index < -0.39 is 5.92 Å². The lowest BCUT2D eigenvalue weighted by Gasteiger charge is -2.17. The van der Waals surface area contributed by atoms with Crippen molar-refractivity contribution in [1.29, 1.82) is 5.26 Å². The minimum absolute atomic E-state index is 0.242. The van der Waals surface area contributed by atoms with Crippen molar-refractivity contribution in [3.8, 4) is 6.07 Å². The second kappa shape index (κ2) is 5.38. The normalized spacial score (nSPS) is 16.5. The van der Waals surface area contributed by atoms with Crippen molar-refractivity contribution >= 4 is 34.3 Å². The third-order valence-electron chi connectivity index (χ3n) is 3.58. The van der Waals surface area contributed by atoms with Gasteiger partial charge >= 0.3 is 0 Å². The van der Waals surface area contributed by atoms with Crippen LogP contribution in [-0.2, 0) is 0 Å². The van der Waals surface area contributed by atoms with Gasteiger partial charge in [0.2, 0.25) is 0 Å². The average Bonchev–Trinajstić information content (AvgIpc) is 2.56. The molecule has 3 aromatic rings. The van der Waals surface area contributed by atoms with E-state index in [1.54, 1.807) is 0 Å². The fourth-order valence-electron chi connectivity index (χ4n) is 2.47. The highest BCUT2D eigenvalue weighted by atomic mass is 32.2. The van der Waals surface area contributed by atoms with E-state index >= 15 is 0 Å². The van der Waals surface area contributed by atoms with Gasteiger partial charge in [0, 0.05) is 4.90 Å². The van der Waals surface area contributed by atoms with Crippen molar-refractivity contribution in [3.05, 3.63) is 54.2 Å². The van der Waals surface area contributed by atoms with Gasteiger partial charge < -0.3 is 5.73 Å². The van der Waals surface area contributed by atoms with Crippen LogP contribution in [0.2, 0.25) is 0 Å². The SMILES string of the molecule is N#C[C@H]1C(N)=Nc2ccccc2Sc2nc3ccccc3nc21. The molecule has 0 unspecified atom stereocenters. The van der Waals surface area contributed by atoms with Crippen LogP contribution in [0.5, 0.6) is 0 Å². The number of aliphatic imine (C=N–C) groups is 1. The summed E-state index contributed by atoms with van der Waals surface area (Å²) in [6, 6.07) is 17.5. The van der Waals surface area contributed by atoms with Crippen LogP contribution in [0.1, 0.15) is 11.6 Å². The molecule has 6 heteroatoms. The fraction of sp³-hybridized carbons (Fsp3) is 0.0588. The van der Waals surface area contributed by atoms with E-state index in [4.69, 9.17) is 5.73 Å². The summed E-state index contributed by atoms with van der Waals surface area (Å²) in [4.78, 5) is 14.7. The van der Waals surface area contributed by atoms with Crippen LogP contribution in [0, 0.1) is 11.3 Å². The number of rotatable bonds is 0. The lowest BCUT2D eigenvalue weighted by Crippen LogP contribution is -2.23. The van der Waals surface area contributed by atoms with Gasteiger partial charge in [-0.2, -0.15) is 5.26 Å². The Balaban J connectivity index is 2.03. The summed E-state index contributed by atoms with van der Waals surface area (Å²) >= 11 is 1.47. The number of nitrogens with two attached hydrogens (primary N) is 1. The molecule has 2 aromatic carbocycles. The van der Waals surface area contributed by atoms with Crippen molar-refractivity contribution in [2.45, 2.75) is 15.8 Å². The molecule has 1 aromatic heterocycles. The van der Waals surface area contributed by atoms with Crippen LogP contribution < -0.4 is 5.73 Å². The number of hydrogen-bond acceptors (Lipinski definition) is 6. The molecule has 1 atom stereocenters. The molecule has 0 radical (unpaired) electrons. The third-order valence-corrected chi connectivity index (χ3v) is 4.64. The predicted octanol–water partition coefficient (Wildman–Crippen LogP) is 3.39. The molecule has 0 saturated heterocycles. The summed E-state index contributed by atoms with van der Waals surface area (Å²) < 4.78 is 0. The van der Waals surface area contributed by atoms with Crippen LogP contribution in [-0.4, -0.2) is 15.8 Å². The second-order valence-corrected chi connectivity index (χ2v) is 6.10. The molecule has 5 nitrogen and oxygen atoms in total. The van der Waals surface area contributed by atoms with Crippen LogP contribution >= 0.6 is 11.8 Å². The predicted molar refractivity (Wildman–Crippen MR) is 89.7 cm³/mol. The van der Waals surface area contributed by atoms with E-state index in [1.807, 2.05) is 48.5 Å². The first-order valence-electron chi connectivity index (χ1n) is 7.03. The first kappa shape index (κ1) is 13.7. The molecule has 1 aliphatic heterocycles. The molecule has 0 bridgehead atoms. The molecule has 0 amide bonds. The molecular weight excluding hydrogens is 306 g/mol. The number of nitriles is 1. The Morgan fingerprint density at radius 3 is 2.48 bits per heavy atom. The van der Waals surface area contributed by atoms with E-state index in [2.05, 4.69) is 21.0 Å². The highest BCUT2D eigenvalue weighted by molar-refractivity contribution is 7.99. The number of nitrogens with zero attached hydrogens (tertiary/aromatic N) is 4. The van der Waals surface area contributed by atoms with Gasteiger partial charge in [-0.25, -0.2) is 15.0 Å². The number of benzene rings is 2. The molecule has 0 aliphatic carbocycles. The number of amidine groups is 1.